The number of halogens is 3. The number of aliphatic carboxylic acids is 1. The first-order valence-electron chi connectivity index (χ1n) is 12.1. The van der Waals surface area contributed by atoms with E-state index in [1.54, 1.807) is 24.3 Å². The van der Waals surface area contributed by atoms with E-state index in [4.69, 9.17) is 10.2 Å². The van der Waals surface area contributed by atoms with E-state index < -0.39 is 23.6 Å². The first-order valence-corrected chi connectivity index (χ1v) is 12.1. The summed E-state index contributed by atoms with van der Waals surface area (Å²) in [5.74, 6) is 3.48. The van der Waals surface area contributed by atoms with Crippen LogP contribution in [0.2, 0.25) is 0 Å². The molecule has 0 saturated heterocycles. The van der Waals surface area contributed by atoms with Crippen molar-refractivity contribution in [2.75, 3.05) is 6.61 Å². The number of carboxylic acid groups (broad SMARTS) is 1. The number of carboxylic acids is 1. The van der Waals surface area contributed by atoms with Crippen LogP contribution in [0.3, 0.4) is 0 Å². The van der Waals surface area contributed by atoms with Crippen LogP contribution in [0.4, 0.5) is 13.2 Å². The molecular formula is C28H32F3NO4. The summed E-state index contributed by atoms with van der Waals surface area (Å²) >= 11 is 0. The van der Waals surface area contributed by atoms with Crippen molar-refractivity contribution in [3.63, 3.8) is 0 Å². The second-order valence-corrected chi connectivity index (χ2v) is 8.61. The van der Waals surface area contributed by atoms with Gasteiger partial charge in [0.15, 0.2) is 0 Å². The lowest BCUT2D eigenvalue weighted by molar-refractivity contribution is -0.156. The molecule has 36 heavy (non-hydrogen) atoms. The zero-order valence-corrected chi connectivity index (χ0v) is 20.2. The molecule has 0 unspecified atom stereocenters. The normalized spacial score (nSPS) is 11.0. The Bertz CT molecular complexity index is 1020. The first kappa shape index (κ1) is 28.9. The zero-order chi connectivity index (χ0) is 26.4. The van der Waals surface area contributed by atoms with E-state index in [9.17, 15) is 22.8 Å². The van der Waals surface area contributed by atoms with Crippen molar-refractivity contribution in [2.45, 2.75) is 70.6 Å². The molecule has 0 aliphatic rings. The highest BCUT2D eigenvalue weighted by Gasteiger charge is 2.30. The number of aliphatic hydroxyl groups is 1. The molecular weight excluding hydrogens is 471 g/mol. The molecule has 2 rings (SSSR count). The van der Waals surface area contributed by atoms with Crippen LogP contribution in [0.5, 0.6) is 0 Å². The number of hydrogen-bond acceptors (Lipinski definition) is 3. The van der Waals surface area contributed by atoms with Crippen LogP contribution in [-0.2, 0) is 28.9 Å². The van der Waals surface area contributed by atoms with E-state index in [0.29, 0.717) is 11.1 Å². The Labute approximate surface area is 209 Å². The zero-order valence-electron chi connectivity index (χ0n) is 20.2. The smallest absolute Gasteiger partial charge is 0.416 e. The summed E-state index contributed by atoms with van der Waals surface area (Å²) in [6.07, 6.45) is 3.92. The number of carbonyl (C=O) groups is 2. The number of unbranched alkanes of at least 4 members (excludes halogenated alkanes) is 7. The van der Waals surface area contributed by atoms with Gasteiger partial charge >= 0.3 is 18.1 Å². The van der Waals surface area contributed by atoms with E-state index in [0.717, 1.165) is 61.1 Å². The van der Waals surface area contributed by atoms with E-state index >= 15 is 0 Å². The molecule has 1 amide bonds. The van der Waals surface area contributed by atoms with Gasteiger partial charge in [0.1, 0.15) is 0 Å². The van der Waals surface area contributed by atoms with Gasteiger partial charge in [0.25, 0.3) is 0 Å². The summed E-state index contributed by atoms with van der Waals surface area (Å²) in [6, 6.07) is 11.4. The quantitative estimate of drug-likeness (QED) is 0.219. The number of aliphatic hydroxyl groups excluding tert-OH is 1. The van der Waals surface area contributed by atoms with Gasteiger partial charge in [0.05, 0.1) is 5.56 Å². The van der Waals surface area contributed by atoms with E-state index in [1.165, 1.54) is 25.0 Å². The highest BCUT2D eigenvalue weighted by molar-refractivity contribution is 6.31. The largest absolute Gasteiger partial charge is 0.474 e. The second-order valence-electron chi connectivity index (χ2n) is 8.61. The van der Waals surface area contributed by atoms with Crippen LogP contribution in [0, 0.1) is 11.8 Å². The molecule has 0 atom stereocenters. The molecule has 2 aromatic rings. The summed E-state index contributed by atoms with van der Waals surface area (Å²) in [7, 11) is 0. The molecule has 0 fully saturated rings. The Kier molecular flexibility index (Phi) is 12.0. The standard InChI is InChI=1S/C28H32F3NO4/c29-28(30,31)25-17-15-24(16-18-25)21-32(26(34)27(35)36)20-23-13-11-22(12-14-23)10-8-6-4-2-1-3-5-7-9-19-33/h11-18,33H,1-7,9,19-21H2,(H,35,36). The number of alkyl halides is 3. The van der Waals surface area contributed by atoms with Crippen LogP contribution in [-0.4, -0.2) is 33.6 Å². The Morgan fingerprint density at radius 1 is 0.778 bits per heavy atom. The van der Waals surface area contributed by atoms with Gasteiger partial charge in [-0.1, -0.05) is 68.2 Å². The van der Waals surface area contributed by atoms with Crippen molar-refractivity contribution in [2.24, 2.45) is 0 Å². The lowest BCUT2D eigenvalue weighted by atomic mass is 10.1. The van der Waals surface area contributed by atoms with E-state index in [2.05, 4.69) is 11.8 Å². The molecule has 0 aliphatic carbocycles. The van der Waals surface area contributed by atoms with Crippen molar-refractivity contribution in [1.29, 1.82) is 0 Å². The molecule has 5 nitrogen and oxygen atoms in total. The number of benzene rings is 2. The third-order valence-electron chi connectivity index (χ3n) is 5.64. The average molecular weight is 504 g/mol. The Hall–Kier alpha value is -3.31. The number of amides is 1. The van der Waals surface area contributed by atoms with Gasteiger partial charge in [-0.2, -0.15) is 13.2 Å². The number of hydrogen-bond donors (Lipinski definition) is 2. The minimum atomic E-state index is -4.47. The van der Waals surface area contributed by atoms with Gasteiger partial charge in [0.2, 0.25) is 0 Å². The van der Waals surface area contributed by atoms with Gasteiger partial charge in [-0.05, 0) is 48.2 Å². The van der Waals surface area contributed by atoms with Crippen molar-refractivity contribution in [1.82, 2.24) is 4.90 Å². The van der Waals surface area contributed by atoms with Crippen LogP contribution in [0.25, 0.3) is 0 Å². The van der Waals surface area contributed by atoms with Gasteiger partial charge in [-0.15, -0.1) is 0 Å². The molecule has 0 radical (unpaired) electrons. The fourth-order valence-electron chi connectivity index (χ4n) is 3.64. The van der Waals surface area contributed by atoms with Gasteiger partial charge in [-0.25, -0.2) is 4.79 Å². The molecule has 0 aliphatic heterocycles. The third-order valence-corrected chi connectivity index (χ3v) is 5.64. The van der Waals surface area contributed by atoms with E-state index in [1.807, 2.05) is 0 Å². The highest BCUT2D eigenvalue weighted by Crippen LogP contribution is 2.29. The van der Waals surface area contributed by atoms with Crippen LogP contribution in [0.1, 0.15) is 73.6 Å². The summed E-state index contributed by atoms with van der Waals surface area (Å²) in [4.78, 5) is 24.5. The minimum absolute atomic E-state index is 0.00182. The van der Waals surface area contributed by atoms with Gasteiger partial charge in [0, 0.05) is 31.7 Å². The summed E-state index contributed by atoms with van der Waals surface area (Å²) in [5.41, 5.74) is 1.07. The molecule has 2 aromatic carbocycles. The van der Waals surface area contributed by atoms with Crippen molar-refractivity contribution in [3.8, 4) is 11.8 Å². The Balaban J connectivity index is 1.89. The van der Waals surface area contributed by atoms with Crippen molar-refractivity contribution in [3.05, 3.63) is 70.8 Å². The Morgan fingerprint density at radius 2 is 1.28 bits per heavy atom. The van der Waals surface area contributed by atoms with Crippen molar-refractivity contribution < 1.29 is 33.0 Å². The average Bonchev–Trinajstić information content (AvgIpc) is 2.85. The lowest BCUT2D eigenvalue weighted by Gasteiger charge is -2.21. The van der Waals surface area contributed by atoms with Crippen LogP contribution in [0.15, 0.2) is 48.5 Å². The molecule has 0 bridgehead atoms. The third kappa shape index (κ3) is 10.5. The second kappa shape index (κ2) is 14.9. The van der Waals surface area contributed by atoms with E-state index in [-0.39, 0.29) is 19.7 Å². The lowest BCUT2D eigenvalue weighted by Crippen LogP contribution is -2.35. The number of carbonyl (C=O) groups excluding carboxylic acids is 1. The summed E-state index contributed by atoms with van der Waals surface area (Å²) < 4.78 is 38.3. The van der Waals surface area contributed by atoms with Gasteiger partial charge < -0.3 is 15.1 Å². The van der Waals surface area contributed by atoms with Gasteiger partial charge in [-0.3, -0.25) is 4.79 Å². The summed E-state index contributed by atoms with van der Waals surface area (Å²) in [6.45, 7) is 0.127. The maximum Gasteiger partial charge on any atom is 0.416 e. The predicted molar refractivity (Wildman–Crippen MR) is 131 cm³/mol. The van der Waals surface area contributed by atoms with Crippen molar-refractivity contribution >= 4 is 11.9 Å². The fraction of sp³-hybridized carbons (Fsp3) is 0.429. The minimum Gasteiger partial charge on any atom is -0.474 e. The highest BCUT2D eigenvalue weighted by atomic mass is 19.4. The molecule has 0 saturated carbocycles. The van der Waals surface area contributed by atoms with Crippen LogP contribution >= 0.6 is 0 Å². The van der Waals surface area contributed by atoms with Crippen LogP contribution < -0.4 is 0 Å². The Morgan fingerprint density at radius 3 is 1.78 bits per heavy atom. The molecule has 194 valence electrons. The SMILES string of the molecule is O=C(O)C(=O)N(Cc1ccc(C#CCCCCCCCCCO)cc1)Cc1ccc(C(F)(F)F)cc1. The first-order chi connectivity index (χ1) is 17.2. The molecule has 0 aromatic heterocycles. The monoisotopic (exact) mass is 503 g/mol. The predicted octanol–water partition coefficient (Wildman–Crippen LogP) is 5.78. The number of rotatable bonds is 12. The summed E-state index contributed by atoms with van der Waals surface area (Å²) in [5, 5.41) is 17.9. The molecule has 0 spiro atoms. The molecule has 8 heteroatoms. The topological polar surface area (TPSA) is 77.8 Å². The fourth-order valence-corrected chi connectivity index (χ4v) is 3.64. The molecule has 0 heterocycles. The maximum atomic E-state index is 12.8. The molecule has 2 N–H and O–H groups in total. The number of nitrogens with zero attached hydrogens (tertiary/aromatic N) is 1. The maximum absolute atomic E-state index is 12.8.